The van der Waals surface area contributed by atoms with E-state index in [1.165, 1.54) is 166 Å². The predicted octanol–water partition coefficient (Wildman–Crippen LogP) is 11.6. The first kappa shape index (κ1) is 54.2. The van der Waals surface area contributed by atoms with Crippen molar-refractivity contribution in [3.05, 3.63) is 36.0 Å². The van der Waals surface area contributed by atoms with Gasteiger partial charge >= 0.3 is 0 Å². The van der Waals surface area contributed by atoms with Gasteiger partial charge in [-0.1, -0.05) is 101 Å². The highest BCUT2D eigenvalue weighted by atomic mass is 15.4. The molecule has 6 saturated heterocycles. The lowest BCUT2D eigenvalue weighted by molar-refractivity contribution is 0.161. The Hall–Kier alpha value is -2.40. The second-order valence-electron chi connectivity index (χ2n) is 20.1. The number of hydrogen-bond donors (Lipinski definition) is 1. The molecule has 10 nitrogen and oxygen atoms in total. The first-order valence-corrected chi connectivity index (χ1v) is 27.0. The second-order valence-corrected chi connectivity index (χ2v) is 20.1. The van der Waals surface area contributed by atoms with E-state index in [4.69, 9.17) is 19.9 Å². The summed E-state index contributed by atoms with van der Waals surface area (Å²) in [6.45, 7) is 31.3. The van der Waals surface area contributed by atoms with Crippen LogP contribution in [-0.4, -0.2) is 130 Å². The average Bonchev–Trinajstić information content (AvgIpc) is 3.50. The van der Waals surface area contributed by atoms with Gasteiger partial charge in [0.2, 0.25) is 5.95 Å². The van der Waals surface area contributed by atoms with Crippen molar-refractivity contribution < 1.29 is 0 Å². The molecule has 0 amide bonds. The van der Waals surface area contributed by atoms with Gasteiger partial charge in [0.1, 0.15) is 11.6 Å². The average molecular weight is 889 g/mol. The predicted molar refractivity (Wildman–Crippen MR) is 275 cm³/mol. The molecular formula is C54H100N10. The summed E-state index contributed by atoms with van der Waals surface area (Å²) in [6.07, 6.45) is 30.8. The van der Waals surface area contributed by atoms with Crippen LogP contribution in [0, 0.1) is 5.92 Å². The Morgan fingerprint density at radius 1 is 0.625 bits per heavy atom. The van der Waals surface area contributed by atoms with Crippen LogP contribution >= 0.6 is 0 Å². The topological polar surface area (TPSA) is 79.8 Å². The summed E-state index contributed by atoms with van der Waals surface area (Å²) in [5.74, 6) is 5.24. The summed E-state index contributed by atoms with van der Waals surface area (Å²) in [7, 11) is 0. The van der Waals surface area contributed by atoms with Crippen molar-refractivity contribution >= 4 is 11.8 Å². The van der Waals surface area contributed by atoms with Crippen LogP contribution in [0.4, 0.5) is 11.8 Å². The van der Waals surface area contributed by atoms with Crippen molar-refractivity contribution in [3.63, 3.8) is 0 Å². The molecule has 7 aliphatic rings. The molecule has 0 aromatic carbocycles. The fourth-order valence-electron chi connectivity index (χ4n) is 11.4. The molecule has 8 heterocycles. The Labute approximate surface area is 394 Å². The number of nitrogens with zero attached hydrogens (tertiary/aromatic N) is 9. The van der Waals surface area contributed by atoms with Gasteiger partial charge in [0, 0.05) is 80.9 Å². The van der Waals surface area contributed by atoms with Crippen molar-refractivity contribution in [1.82, 2.24) is 40.0 Å². The van der Waals surface area contributed by atoms with Crippen molar-refractivity contribution in [1.29, 1.82) is 0 Å². The maximum Gasteiger partial charge on any atom is 0.225 e. The third-order valence-corrected chi connectivity index (χ3v) is 15.1. The van der Waals surface area contributed by atoms with Gasteiger partial charge in [-0.05, 0) is 147 Å². The number of aromatic nitrogens is 4. The molecule has 7 fully saturated rings. The molecule has 10 heteroatoms. The largest absolute Gasteiger partial charge is 0.348 e. The van der Waals surface area contributed by atoms with Crippen LogP contribution in [0.1, 0.15) is 209 Å². The molecule has 4 atom stereocenters. The number of likely N-dealkylation sites (tertiary alicyclic amines) is 3. The number of nitrogens with one attached hydrogen (secondary N) is 1. The van der Waals surface area contributed by atoms with E-state index in [9.17, 15) is 0 Å². The van der Waals surface area contributed by atoms with Crippen LogP contribution in [0.3, 0.4) is 0 Å². The van der Waals surface area contributed by atoms with Gasteiger partial charge in [-0.3, -0.25) is 9.80 Å². The highest BCUT2D eigenvalue weighted by Gasteiger charge is 2.42. The molecule has 0 radical (unpaired) electrons. The van der Waals surface area contributed by atoms with Crippen molar-refractivity contribution in [2.24, 2.45) is 5.92 Å². The van der Waals surface area contributed by atoms with E-state index in [1.54, 1.807) is 0 Å². The van der Waals surface area contributed by atoms with Crippen LogP contribution < -0.4 is 15.1 Å². The third-order valence-electron chi connectivity index (χ3n) is 15.1. The zero-order chi connectivity index (χ0) is 45.0. The van der Waals surface area contributed by atoms with Gasteiger partial charge < -0.3 is 20.0 Å². The smallest absolute Gasteiger partial charge is 0.225 e. The van der Waals surface area contributed by atoms with E-state index in [2.05, 4.69) is 82.9 Å². The van der Waals surface area contributed by atoms with Crippen molar-refractivity contribution in [2.45, 2.75) is 227 Å². The highest BCUT2D eigenvalue weighted by Crippen LogP contribution is 2.36. The quantitative estimate of drug-likeness (QED) is 0.233. The summed E-state index contributed by atoms with van der Waals surface area (Å²) >= 11 is 0. The summed E-state index contributed by atoms with van der Waals surface area (Å²) in [6, 6.07) is 5.27. The van der Waals surface area contributed by atoms with E-state index in [0.717, 1.165) is 43.9 Å². The molecule has 2 aromatic heterocycles. The number of piperazine rings is 2. The molecule has 9 rings (SSSR count). The number of anilines is 2. The number of rotatable bonds is 10. The zero-order valence-corrected chi connectivity index (χ0v) is 42.3. The van der Waals surface area contributed by atoms with Gasteiger partial charge in [0.25, 0.3) is 0 Å². The Morgan fingerprint density at radius 2 is 1.17 bits per heavy atom. The number of likely N-dealkylation sites (N-methyl/N-ethyl adjacent to an activating group) is 1. The molecule has 1 saturated carbocycles. The Bertz CT molecular complexity index is 1440. The van der Waals surface area contributed by atoms with E-state index >= 15 is 0 Å². The van der Waals surface area contributed by atoms with Gasteiger partial charge in [-0.15, -0.1) is 0 Å². The van der Waals surface area contributed by atoms with Crippen molar-refractivity contribution in [2.75, 3.05) is 75.2 Å². The lowest BCUT2D eigenvalue weighted by Gasteiger charge is -2.50. The highest BCUT2D eigenvalue weighted by molar-refractivity contribution is 5.43. The number of fused-ring (bicyclic) bond motifs is 4. The molecule has 4 unspecified atom stereocenters. The summed E-state index contributed by atoms with van der Waals surface area (Å²) in [4.78, 5) is 32.4. The lowest BCUT2D eigenvalue weighted by atomic mass is 9.91. The minimum absolute atomic E-state index is 0. The van der Waals surface area contributed by atoms with Gasteiger partial charge in [0.05, 0.1) is 0 Å². The Balaban J connectivity index is 0.000000228. The first-order valence-electron chi connectivity index (χ1n) is 27.0. The monoisotopic (exact) mass is 889 g/mol. The second kappa shape index (κ2) is 29.4. The van der Waals surface area contributed by atoms with Crippen LogP contribution in [0.15, 0.2) is 24.7 Å². The first-order chi connectivity index (χ1) is 30.9. The summed E-state index contributed by atoms with van der Waals surface area (Å²) < 4.78 is 0. The molecule has 0 spiro atoms. The SMILES string of the molecule is C.C1CCCCCC1.CC.CC.CC(C)N1CC2CCC(C1)N2c1ncc(C2CCNCC2)cn1.CCN1CC2CCCC(C1)N2c1ccnc(C2CCN(CCCC(C)C)CC2)n1. The standard InChI is InChI=1S/C24H41N5.C18H29N5.C7H14.2C2H6.CH4/c1-4-27-17-21-8-5-9-22(18-27)29(21)23-10-13-25-24(26-23)20-11-15-28(16-12-20)14-6-7-19(2)3;1-13(2)22-11-16-3-4-17(12-22)23(16)18-20-9-15(10-21-18)14-5-7-19-8-6-14;1-2-4-6-7-5-3-1;2*1-2;/h10,13,19-22H,4-9,11-12,14-18H2,1-3H3;9-10,13-14,16-17,19H,3-8,11-12H2,1-2H3;1-7H2;2*1-2H3;1H4. The summed E-state index contributed by atoms with van der Waals surface area (Å²) in [5, 5.41) is 3.43. The molecule has 366 valence electrons. The Morgan fingerprint density at radius 3 is 1.69 bits per heavy atom. The van der Waals surface area contributed by atoms with Crippen LogP contribution in [0.5, 0.6) is 0 Å². The molecule has 6 aliphatic heterocycles. The van der Waals surface area contributed by atoms with E-state index < -0.39 is 0 Å². The molecule has 2 aromatic rings. The number of piperidine rings is 3. The van der Waals surface area contributed by atoms with Gasteiger partial charge in [-0.25, -0.2) is 19.9 Å². The Kier molecular flexibility index (Phi) is 24.9. The minimum Gasteiger partial charge on any atom is -0.348 e. The zero-order valence-electron chi connectivity index (χ0n) is 42.3. The normalized spacial score (nSPS) is 25.6. The number of hydrogen-bond acceptors (Lipinski definition) is 10. The molecule has 4 bridgehead atoms. The fraction of sp³-hybridized carbons (Fsp3) is 0.852. The van der Waals surface area contributed by atoms with Gasteiger partial charge in [0.15, 0.2) is 0 Å². The summed E-state index contributed by atoms with van der Waals surface area (Å²) in [5.41, 5.74) is 1.32. The van der Waals surface area contributed by atoms with Gasteiger partial charge in [-0.2, -0.15) is 0 Å². The third kappa shape index (κ3) is 15.9. The van der Waals surface area contributed by atoms with Crippen molar-refractivity contribution in [3.8, 4) is 0 Å². The van der Waals surface area contributed by atoms with E-state index in [-0.39, 0.29) is 7.43 Å². The lowest BCUT2D eigenvalue weighted by Crippen LogP contribution is -2.61. The van der Waals surface area contributed by atoms with E-state index in [0.29, 0.717) is 42.0 Å². The fourth-order valence-corrected chi connectivity index (χ4v) is 11.4. The van der Waals surface area contributed by atoms with E-state index in [1.807, 2.05) is 33.9 Å². The maximum absolute atomic E-state index is 5.14. The molecule has 1 N–H and O–H groups in total. The van der Waals surface area contributed by atoms with Crippen LogP contribution in [0.25, 0.3) is 0 Å². The minimum atomic E-state index is 0. The van der Waals surface area contributed by atoms with Crippen LogP contribution in [0.2, 0.25) is 0 Å². The molecule has 64 heavy (non-hydrogen) atoms. The molecule has 1 aliphatic carbocycles. The maximum atomic E-state index is 5.14. The molecular weight excluding hydrogens is 789 g/mol. The van der Waals surface area contributed by atoms with Crippen LogP contribution in [-0.2, 0) is 0 Å².